The third-order valence-electron chi connectivity index (χ3n) is 5.66. The molecule has 1 aromatic carbocycles. The second kappa shape index (κ2) is 9.90. The number of hydrogen-bond acceptors (Lipinski definition) is 5. The lowest BCUT2D eigenvalue weighted by Crippen LogP contribution is -2.43. The fourth-order valence-electron chi connectivity index (χ4n) is 4.16. The van der Waals surface area contributed by atoms with Crippen LogP contribution in [-0.2, 0) is 9.53 Å². The Hall–Kier alpha value is -1.96. The first kappa shape index (κ1) is 22.7. The van der Waals surface area contributed by atoms with Crippen LogP contribution in [0.4, 0.5) is 0 Å². The number of nitrogens with zero attached hydrogens (tertiary/aromatic N) is 2. The summed E-state index contributed by atoms with van der Waals surface area (Å²) in [6, 6.07) is 8.88. The van der Waals surface area contributed by atoms with E-state index >= 15 is 0 Å². The summed E-state index contributed by atoms with van der Waals surface area (Å²) in [5, 5.41) is 4.14. The Morgan fingerprint density at radius 2 is 1.93 bits per heavy atom. The standard InChI is InChI=1S/C23H33N3O3S/c1-15(2)26(16(3)4)11-10-24-23(28)22-21(18-8-6-7-9-20(18)30-22)19-14-25(17(5)27)12-13-29-19/h6-9,15-16,19H,10-14H2,1-5H3,(H,24,28). The minimum atomic E-state index is -0.289. The molecule has 1 atom stereocenters. The first-order valence-electron chi connectivity index (χ1n) is 10.7. The fourth-order valence-corrected chi connectivity index (χ4v) is 5.33. The summed E-state index contributed by atoms with van der Waals surface area (Å²) in [7, 11) is 0. The zero-order valence-electron chi connectivity index (χ0n) is 18.6. The van der Waals surface area contributed by atoms with Crippen LogP contribution in [0, 0.1) is 0 Å². The number of morpholine rings is 1. The van der Waals surface area contributed by atoms with Gasteiger partial charge < -0.3 is 15.0 Å². The molecule has 1 aromatic heterocycles. The van der Waals surface area contributed by atoms with E-state index in [2.05, 4.69) is 37.9 Å². The van der Waals surface area contributed by atoms with Crippen molar-refractivity contribution in [3.63, 3.8) is 0 Å². The van der Waals surface area contributed by atoms with Gasteiger partial charge in [-0.3, -0.25) is 14.5 Å². The van der Waals surface area contributed by atoms with Gasteiger partial charge in [0.1, 0.15) is 6.10 Å². The summed E-state index contributed by atoms with van der Waals surface area (Å²) in [5.74, 6) is -0.0292. The molecule has 0 bridgehead atoms. The first-order chi connectivity index (χ1) is 14.3. The number of fused-ring (bicyclic) bond motifs is 1. The Morgan fingerprint density at radius 1 is 1.23 bits per heavy atom. The van der Waals surface area contributed by atoms with Gasteiger partial charge in [0.15, 0.2) is 0 Å². The number of benzene rings is 1. The molecule has 2 aromatic rings. The highest BCUT2D eigenvalue weighted by Gasteiger charge is 2.30. The van der Waals surface area contributed by atoms with Crippen molar-refractivity contribution in [2.45, 2.75) is 52.8 Å². The van der Waals surface area contributed by atoms with Crippen molar-refractivity contribution in [1.82, 2.24) is 15.1 Å². The summed E-state index contributed by atoms with van der Waals surface area (Å²) in [4.78, 5) is 29.9. The van der Waals surface area contributed by atoms with Gasteiger partial charge in [0.05, 0.1) is 18.0 Å². The monoisotopic (exact) mass is 431 g/mol. The van der Waals surface area contributed by atoms with Crippen LogP contribution in [0.15, 0.2) is 24.3 Å². The number of ether oxygens (including phenoxy) is 1. The molecule has 0 saturated carbocycles. The number of nitrogens with one attached hydrogen (secondary N) is 1. The third kappa shape index (κ3) is 5.02. The van der Waals surface area contributed by atoms with Crippen molar-refractivity contribution in [2.75, 3.05) is 32.8 Å². The molecule has 0 aliphatic carbocycles. The number of hydrogen-bond donors (Lipinski definition) is 1. The lowest BCUT2D eigenvalue weighted by Gasteiger charge is -2.33. The third-order valence-corrected chi connectivity index (χ3v) is 6.84. The number of carbonyl (C=O) groups excluding carboxylic acids is 2. The average molecular weight is 432 g/mol. The van der Waals surface area contributed by atoms with E-state index in [4.69, 9.17) is 4.74 Å². The van der Waals surface area contributed by atoms with Gasteiger partial charge in [-0.2, -0.15) is 0 Å². The molecule has 2 heterocycles. The van der Waals surface area contributed by atoms with E-state index in [1.54, 1.807) is 11.8 Å². The van der Waals surface area contributed by atoms with E-state index in [1.165, 1.54) is 11.3 Å². The summed E-state index contributed by atoms with van der Waals surface area (Å²) in [5.41, 5.74) is 0.906. The van der Waals surface area contributed by atoms with Gasteiger partial charge in [0.25, 0.3) is 5.91 Å². The maximum atomic E-state index is 13.2. The lowest BCUT2D eigenvalue weighted by atomic mass is 10.0. The Morgan fingerprint density at radius 3 is 2.60 bits per heavy atom. The van der Waals surface area contributed by atoms with Crippen molar-refractivity contribution in [3.05, 3.63) is 34.7 Å². The molecular weight excluding hydrogens is 398 g/mol. The van der Waals surface area contributed by atoms with Crippen LogP contribution in [0.5, 0.6) is 0 Å². The van der Waals surface area contributed by atoms with Crippen molar-refractivity contribution in [2.24, 2.45) is 0 Å². The maximum Gasteiger partial charge on any atom is 0.261 e. The molecular formula is C23H33N3O3S. The minimum absolute atomic E-state index is 0.0382. The van der Waals surface area contributed by atoms with Gasteiger partial charge in [-0.1, -0.05) is 18.2 Å². The molecule has 7 heteroatoms. The van der Waals surface area contributed by atoms with Crippen LogP contribution in [0.25, 0.3) is 10.1 Å². The molecule has 1 aliphatic rings. The largest absolute Gasteiger partial charge is 0.370 e. The SMILES string of the molecule is CC(=O)N1CCOC(c2c(C(=O)NCCN(C(C)C)C(C)C)sc3ccccc23)C1. The molecule has 30 heavy (non-hydrogen) atoms. The van der Waals surface area contributed by atoms with Gasteiger partial charge in [0.2, 0.25) is 5.91 Å². The molecule has 1 unspecified atom stereocenters. The molecule has 0 spiro atoms. The van der Waals surface area contributed by atoms with Gasteiger partial charge in [-0.15, -0.1) is 11.3 Å². The fraction of sp³-hybridized carbons (Fsp3) is 0.565. The number of amides is 2. The van der Waals surface area contributed by atoms with Crippen LogP contribution in [-0.4, -0.2) is 66.5 Å². The average Bonchev–Trinajstić information content (AvgIpc) is 3.10. The zero-order chi connectivity index (χ0) is 21.8. The van der Waals surface area contributed by atoms with Crippen LogP contribution in [0.2, 0.25) is 0 Å². The molecule has 1 saturated heterocycles. The molecule has 3 rings (SSSR count). The molecule has 1 N–H and O–H groups in total. The van der Waals surface area contributed by atoms with Crippen LogP contribution < -0.4 is 5.32 Å². The Labute approximate surface area is 183 Å². The topological polar surface area (TPSA) is 61.9 Å². The lowest BCUT2D eigenvalue weighted by molar-refractivity contribution is -0.136. The van der Waals surface area contributed by atoms with E-state index in [0.717, 1.165) is 22.2 Å². The predicted octanol–water partition coefficient (Wildman–Crippen LogP) is 3.67. The van der Waals surface area contributed by atoms with E-state index < -0.39 is 0 Å². The number of carbonyl (C=O) groups is 2. The highest BCUT2D eigenvalue weighted by atomic mass is 32.1. The van der Waals surface area contributed by atoms with Gasteiger partial charge in [0, 0.05) is 48.9 Å². The smallest absolute Gasteiger partial charge is 0.261 e. The van der Waals surface area contributed by atoms with Gasteiger partial charge in [-0.25, -0.2) is 0 Å². The molecule has 164 valence electrons. The predicted molar refractivity (Wildman–Crippen MR) is 122 cm³/mol. The maximum absolute atomic E-state index is 13.2. The molecule has 2 amide bonds. The highest BCUT2D eigenvalue weighted by molar-refractivity contribution is 7.21. The van der Waals surface area contributed by atoms with Crippen molar-refractivity contribution >= 4 is 33.2 Å². The summed E-state index contributed by atoms with van der Waals surface area (Å²) >= 11 is 1.50. The number of rotatable bonds is 7. The van der Waals surface area contributed by atoms with Crippen LogP contribution in [0.3, 0.4) is 0 Å². The first-order valence-corrected chi connectivity index (χ1v) is 11.5. The van der Waals surface area contributed by atoms with Crippen LogP contribution in [0.1, 0.15) is 56.0 Å². The quantitative estimate of drug-likeness (QED) is 0.727. The Balaban J connectivity index is 1.82. The second-order valence-electron chi connectivity index (χ2n) is 8.35. The van der Waals surface area contributed by atoms with E-state index in [1.807, 2.05) is 24.3 Å². The molecule has 0 radical (unpaired) electrons. The normalized spacial score (nSPS) is 17.3. The Kier molecular flexibility index (Phi) is 7.50. The summed E-state index contributed by atoms with van der Waals surface area (Å²) < 4.78 is 7.09. The highest BCUT2D eigenvalue weighted by Crippen LogP contribution is 2.38. The number of thiophene rings is 1. The molecule has 1 fully saturated rings. The van der Waals surface area contributed by atoms with E-state index in [9.17, 15) is 9.59 Å². The second-order valence-corrected chi connectivity index (χ2v) is 9.40. The van der Waals surface area contributed by atoms with Gasteiger partial charge in [-0.05, 0) is 39.1 Å². The van der Waals surface area contributed by atoms with Crippen molar-refractivity contribution in [3.8, 4) is 0 Å². The molecule has 1 aliphatic heterocycles. The van der Waals surface area contributed by atoms with Crippen molar-refractivity contribution < 1.29 is 14.3 Å². The summed E-state index contributed by atoms with van der Waals surface area (Å²) in [6.07, 6.45) is -0.289. The van der Waals surface area contributed by atoms with Crippen LogP contribution >= 0.6 is 11.3 Å². The zero-order valence-corrected chi connectivity index (χ0v) is 19.4. The molecule has 6 nitrogen and oxygen atoms in total. The Bertz CT molecular complexity index is 885. The minimum Gasteiger partial charge on any atom is -0.370 e. The van der Waals surface area contributed by atoms with Gasteiger partial charge >= 0.3 is 0 Å². The van der Waals surface area contributed by atoms with Crippen molar-refractivity contribution in [1.29, 1.82) is 0 Å². The summed E-state index contributed by atoms with van der Waals surface area (Å²) in [6.45, 7) is 13.2. The van der Waals surface area contributed by atoms with E-state index in [0.29, 0.717) is 43.2 Å². The van der Waals surface area contributed by atoms with E-state index in [-0.39, 0.29) is 17.9 Å².